The normalized spacial score (nSPS) is 19.9. The second-order valence-electron chi connectivity index (χ2n) is 12.7. The zero-order valence-electron chi connectivity index (χ0n) is 29.0. The zero-order valence-corrected chi connectivity index (χ0v) is 29.8. The largest absolute Gasteiger partial charge is 0.497 e. The first-order valence-electron chi connectivity index (χ1n) is 16.7. The summed E-state index contributed by atoms with van der Waals surface area (Å²) in [6.07, 6.45) is 1.95. The van der Waals surface area contributed by atoms with E-state index in [0.29, 0.717) is 31.1 Å². The van der Waals surface area contributed by atoms with Gasteiger partial charge in [-0.1, -0.05) is 37.3 Å². The molecule has 0 unspecified atom stereocenters. The van der Waals surface area contributed by atoms with Gasteiger partial charge in [0.05, 0.1) is 48.8 Å². The van der Waals surface area contributed by atoms with E-state index in [1.807, 2.05) is 44.2 Å². The molecule has 3 aromatic rings. The summed E-state index contributed by atoms with van der Waals surface area (Å²) in [5.74, 6) is 0.150. The number of methoxy groups -OCH3 is 1. The van der Waals surface area contributed by atoms with E-state index in [1.54, 1.807) is 48.0 Å². The van der Waals surface area contributed by atoms with Crippen LogP contribution in [0.2, 0.25) is 0 Å². The summed E-state index contributed by atoms with van der Waals surface area (Å²) >= 11 is 0. The van der Waals surface area contributed by atoms with Crippen molar-refractivity contribution in [2.75, 3.05) is 45.2 Å². The lowest BCUT2D eigenvalue weighted by Crippen LogP contribution is -2.48. The highest BCUT2D eigenvalue weighted by Crippen LogP contribution is 2.30. The highest BCUT2D eigenvalue weighted by atomic mass is 32.2. The Bertz CT molecular complexity index is 1640. The molecule has 12 heteroatoms. The van der Waals surface area contributed by atoms with Crippen LogP contribution in [0, 0.1) is 5.92 Å². The molecule has 4 rings (SSSR count). The average Bonchev–Trinajstić information content (AvgIpc) is 3.09. The molecule has 2 amide bonds. The highest BCUT2D eigenvalue weighted by Gasteiger charge is 2.31. The predicted molar refractivity (Wildman–Crippen MR) is 188 cm³/mol. The lowest BCUT2D eigenvalue weighted by molar-refractivity contribution is -0.131. The van der Waals surface area contributed by atoms with Gasteiger partial charge >= 0.3 is 0 Å². The number of hydrogen-bond donors (Lipinski definition) is 2. The molecule has 0 bridgehead atoms. The smallest absolute Gasteiger partial charge is 0.261 e. The van der Waals surface area contributed by atoms with Gasteiger partial charge in [-0.05, 0) is 81.1 Å². The topological polar surface area (TPSA) is 135 Å². The predicted octanol–water partition coefficient (Wildman–Crippen LogP) is 4.99. The fourth-order valence-corrected chi connectivity index (χ4v) is 6.74. The first-order valence-corrected chi connectivity index (χ1v) is 18.2. The molecule has 3 aromatic carbocycles. The summed E-state index contributed by atoms with van der Waals surface area (Å²) < 4.78 is 46.9. The number of carbonyl (C=O) groups excluding carboxylic acids is 2. The molecule has 0 spiro atoms. The number of nitrogens with zero attached hydrogens (tertiary/aromatic N) is 2. The van der Waals surface area contributed by atoms with Gasteiger partial charge in [0.25, 0.3) is 15.9 Å². The number of carbonyl (C=O) groups is 2. The molecule has 266 valence electrons. The van der Waals surface area contributed by atoms with E-state index in [9.17, 15) is 23.1 Å². The van der Waals surface area contributed by atoms with Crippen molar-refractivity contribution in [1.82, 2.24) is 9.80 Å². The van der Waals surface area contributed by atoms with Crippen molar-refractivity contribution in [3.05, 3.63) is 83.9 Å². The minimum atomic E-state index is -3.99. The van der Waals surface area contributed by atoms with Crippen LogP contribution in [0.4, 0.5) is 5.69 Å². The number of aliphatic hydroxyl groups is 1. The molecule has 0 fully saturated rings. The number of benzene rings is 3. The molecule has 49 heavy (non-hydrogen) atoms. The van der Waals surface area contributed by atoms with Crippen molar-refractivity contribution in [1.29, 1.82) is 0 Å². The van der Waals surface area contributed by atoms with Crippen molar-refractivity contribution in [2.45, 2.75) is 69.6 Å². The number of anilines is 1. The number of ether oxygens (including phenoxy) is 3. The number of aliphatic hydroxyl groups excluding tert-OH is 1. The van der Waals surface area contributed by atoms with Crippen molar-refractivity contribution in [3.8, 4) is 11.5 Å². The molecule has 11 nitrogen and oxygen atoms in total. The fraction of sp³-hybridized carbons (Fsp3) is 0.459. The van der Waals surface area contributed by atoms with Crippen molar-refractivity contribution >= 4 is 27.5 Å². The van der Waals surface area contributed by atoms with E-state index in [1.165, 1.54) is 25.3 Å². The maximum Gasteiger partial charge on any atom is 0.261 e. The van der Waals surface area contributed by atoms with Gasteiger partial charge in [0, 0.05) is 38.3 Å². The average molecular weight is 696 g/mol. The second kappa shape index (κ2) is 17.5. The van der Waals surface area contributed by atoms with Gasteiger partial charge in [0.1, 0.15) is 11.5 Å². The standard InChI is InChI=1S/C37H49N3O8S/c1-26-23-40(27(2)25-41)37(43)33-22-30(38-49(44,45)32-17-15-31(46-5)16-18-32)14-19-34(33)48-28(3)11-9-10-20-47-35(26)24-39(4)36(42)21-29-12-7-6-8-13-29/h6-8,12-19,22,26-28,35,38,41H,9-11,20-21,23-25H2,1-5H3/t26-,27-,28-,35-/m0/s1. The molecule has 0 radical (unpaired) electrons. The molecule has 0 saturated heterocycles. The Morgan fingerprint density at radius 2 is 1.80 bits per heavy atom. The maximum absolute atomic E-state index is 14.4. The summed E-state index contributed by atoms with van der Waals surface area (Å²) in [6, 6.07) is 19.6. The van der Waals surface area contributed by atoms with Gasteiger partial charge in [0.15, 0.2) is 0 Å². The first kappa shape index (κ1) is 37.7. The monoisotopic (exact) mass is 695 g/mol. The molecule has 0 saturated carbocycles. The number of rotatable bonds is 10. The molecule has 1 heterocycles. The van der Waals surface area contributed by atoms with E-state index in [2.05, 4.69) is 4.72 Å². The maximum atomic E-state index is 14.4. The van der Waals surface area contributed by atoms with Crippen LogP contribution in [0.5, 0.6) is 11.5 Å². The van der Waals surface area contributed by atoms with Crippen LogP contribution in [-0.4, -0.2) is 93.8 Å². The van der Waals surface area contributed by atoms with Crippen LogP contribution in [0.3, 0.4) is 0 Å². The minimum Gasteiger partial charge on any atom is -0.497 e. The number of hydrogen-bond acceptors (Lipinski definition) is 8. The van der Waals surface area contributed by atoms with Crippen LogP contribution in [0.1, 0.15) is 56.0 Å². The number of nitrogens with one attached hydrogen (secondary N) is 1. The van der Waals surface area contributed by atoms with Crippen LogP contribution in [-0.2, 0) is 26.0 Å². The van der Waals surface area contributed by atoms with Crippen LogP contribution in [0.25, 0.3) is 0 Å². The Balaban J connectivity index is 1.63. The summed E-state index contributed by atoms with van der Waals surface area (Å²) in [4.78, 5) is 30.8. The van der Waals surface area contributed by atoms with E-state index in [0.717, 1.165) is 18.4 Å². The van der Waals surface area contributed by atoms with Gasteiger partial charge < -0.3 is 29.1 Å². The summed E-state index contributed by atoms with van der Waals surface area (Å²) in [5, 5.41) is 10.2. The van der Waals surface area contributed by atoms with Crippen LogP contribution >= 0.6 is 0 Å². The summed E-state index contributed by atoms with van der Waals surface area (Å²) in [5.41, 5.74) is 1.28. The van der Waals surface area contributed by atoms with Crippen molar-refractivity contribution < 1.29 is 37.3 Å². The van der Waals surface area contributed by atoms with E-state index in [4.69, 9.17) is 14.2 Å². The Hall–Kier alpha value is -4.13. The van der Waals surface area contributed by atoms with Crippen LogP contribution < -0.4 is 14.2 Å². The molecule has 1 aliphatic heterocycles. The lowest BCUT2D eigenvalue weighted by atomic mass is 10.0. The zero-order chi connectivity index (χ0) is 35.6. The third-order valence-corrected chi connectivity index (χ3v) is 10.1. The van der Waals surface area contributed by atoms with Gasteiger partial charge in [0.2, 0.25) is 5.91 Å². The molecule has 2 N–H and O–H groups in total. The number of sulfonamides is 1. The Labute approximate surface area is 290 Å². The van der Waals surface area contributed by atoms with Gasteiger partial charge in [-0.3, -0.25) is 14.3 Å². The SMILES string of the molecule is COc1ccc(S(=O)(=O)Nc2ccc3c(c2)C(=O)N([C@@H](C)CO)C[C@H](C)[C@H](CN(C)C(=O)Cc2ccccc2)OCCCC[C@H](C)O3)cc1. The molecule has 0 aromatic heterocycles. The third-order valence-electron chi connectivity index (χ3n) is 8.75. The minimum absolute atomic E-state index is 0.0344. The molecule has 4 atom stereocenters. The quantitative estimate of drug-likeness (QED) is 0.303. The third kappa shape index (κ3) is 10.4. The number of amides is 2. The van der Waals surface area contributed by atoms with Gasteiger partial charge in [-0.2, -0.15) is 0 Å². The Morgan fingerprint density at radius 3 is 2.47 bits per heavy atom. The van der Waals surface area contributed by atoms with Gasteiger partial charge in [-0.15, -0.1) is 0 Å². The van der Waals surface area contributed by atoms with Crippen molar-refractivity contribution in [2.24, 2.45) is 5.92 Å². The van der Waals surface area contributed by atoms with E-state index < -0.39 is 22.0 Å². The fourth-order valence-electron chi connectivity index (χ4n) is 5.69. The van der Waals surface area contributed by atoms with Crippen LogP contribution in [0.15, 0.2) is 77.7 Å². The highest BCUT2D eigenvalue weighted by molar-refractivity contribution is 7.92. The lowest BCUT2D eigenvalue weighted by Gasteiger charge is -2.36. The molecular formula is C37H49N3O8S. The first-order chi connectivity index (χ1) is 23.4. The number of fused-ring (bicyclic) bond motifs is 1. The number of likely N-dealkylation sites (N-methyl/N-ethyl adjacent to an activating group) is 1. The molecule has 1 aliphatic rings. The Morgan fingerprint density at radius 1 is 1.08 bits per heavy atom. The summed E-state index contributed by atoms with van der Waals surface area (Å²) in [6.45, 7) is 6.37. The second-order valence-corrected chi connectivity index (χ2v) is 14.4. The van der Waals surface area contributed by atoms with Crippen molar-refractivity contribution in [3.63, 3.8) is 0 Å². The molecule has 0 aliphatic carbocycles. The van der Waals surface area contributed by atoms with E-state index >= 15 is 0 Å². The summed E-state index contributed by atoms with van der Waals surface area (Å²) in [7, 11) is -0.733. The van der Waals surface area contributed by atoms with Gasteiger partial charge in [-0.25, -0.2) is 8.42 Å². The van der Waals surface area contributed by atoms with E-state index in [-0.39, 0.29) is 59.8 Å². The Kier molecular flexibility index (Phi) is 13.5. The molecular weight excluding hydrogens is 646 g/mol.